The molecule has 0 aliphatic heterocycles. The Labute approximate surface area is 136 Å². The number of hydrazine groups is 1. The molecule has 0 atom stereocenters. The van der Waals surface area contributed by atoms with Crippen LogP contribution in [0.3, 0.4) is 0 Å². The zero-order chi connectivity index (χ0) is 15.3. The fourth-order valence-electron chi connectivity index (χ4n) is 1.77. The minimum atomic E-state index is -0.208. The van der Waals surface area contributed by atoms with Crippen molar-refractivity contribution in [3.8, 4) is 0 Å². The van der Waals surface area contributed by atoms with Crippen LogP contribution in [0.5, 0.6) is 0 Å². The molecule has 0 aliphatic rings. The molecule has 1 heterocycles. The van der Waals surface area contributed by atoms with Crippen molar-refractivity contribution in [1.29, 1.82) is 0 Å². The lowest BCUT2D eigenvalue weighted by Crippen LogP contribution is -2.39. The van der Waals surface area contributed by atoms with Gasteiger partial charge >= 0.3 is 0 Å². The predicted octanol–water partition coefficient (Wildman–Crippen LogP) is 3.69. The molecule has 1 aromatic heterocycles. The first-order valence-electron chi connectivity index (χ1n) is 7.37. The number of unbranched alkanes of at least 4 members (excludes halogenated alkanes) is 5. The number of hydrogen-bond donors (Lipinski definition) is 2. The van der Waals surface area contributed by atoms with Crippen LogP contribution in [-0.2, 0) is 0 Å². The molecule has 0 saturated carbocycles. The van der Waals surface area contributed by atoms with E-state index in [0.717, 1.165) is 12.2 Å². The van der Waals surface area contributed by atoms with Crippen molar-refractivity contribution in [3.63, 3.8) is 0 Å². The normalized spacial score (nSPS) is 10.1. The van der Waals surface area contributed by atoms with Gasteiger partial charge in [0.25, 0.3) is 5.91 Å². The second-order valence-corrected chi connectivity index (χ2v) is 6.49. The maximum Gasteiger partial charge on any atom is 0.269 e. The SMILES string of the molecule is CCCCCCCCSC(=S)NNC(=O)c1ccncc1. The number of carbonyl (C=O) groups excluding carboxylic acids is 1. The molecule has 0 aliphatic carbocycles. The number of nitrogens with one attached hydrogen (secondary N) is 2. The molecule has 0 saturated heterocycles. The van der Waals surface area contributed by atoms with E-state index in [2.05, 4.69) is 22.8 Å². The Balaban J connectivity index is 2.05. The third-order valence-corrected chi connectivity index (χ3v) is 4.26. The highest BCUT2D eigenvalue weighted by atomic mass is 32.2. The molecule has 1 rings (SSSR count). The molecule has 0 fully saturated rings. The molecule has 4 nitrogen and oxygen atoms in total. The summed E-state index contributed by atoms with van der Waals surface area (Å²) >= 11 is 6.74. The number of rotatable bonds is 8. The second kappa shape index (κ2) is 11.5. The van der Waals surface area contributed by atoms with Crippen LogP contribution in [0.2, 0.25) is 0 Å². The average molecular weight is 326 g/mol. The van der Waals surface area contributed by atoms with Crippen LogP contribution in [-0.4, -0.2) is 21.0 Å². The number of pyridine rings is 1. The molecule has 0 bridgehead atoms. The Morgan fingerprint density at radius 2 is 1.81 bits per heavy atom. The summed E-state index contributed by atoms with van der Waals surface area (Å²) in [6.07, 6.45) is 10.8. The van der Waals surface area contributed by atoms with E-state index in [-0.39, 0.29) is 5.91 Å². The van der Waals surface area contributed by atoms with Gasteiger partial charge in [-0.05, 0) is 18.6 Å². The van der Waals surface area contributed by atoms with E-state index in [1.165, 1.54) is 32.1 Å². The Morgan fingerprint density at radius 1 is 1.14 bits per heavy atom. The molecule has 116 valence electrons. The van der Waals surface area contributed by atoms with Crippen molar-refractivity contribution in [2.45, 2.75) is 45.4 Å². The van der Waals surface area contributed by atoms with Crippen LogP contribution < -0.4 is 10.9 Å². The number of hydrogen-bond acceptors (Lipinski definition) is 4. The summed E-state index contributed by atoms with van der Waals surface area (Å²) in [4.78, 5) is 15.6. The molecular formula is C15H23N3OS2. The molecular weight excluding hydrogens is 302 g/mol. The van der Waals surface area contributed by atoms with Gasteiger partial charge in [-0.3, -0.25) is 20.6 Å². The lowest BCUT2D eigenvalue weighted by atomic mass is 10.1. The van der Waals surface area contributed by atoms with Gasteiger partial charge in [0.05, 0.1) is 0 Å². The Kier molecular flexibility index (Phi) is 9.82. The number of nitrogens with zero attached hydrogens (tertiary/aromatic N) is 1. The van der Waals surface area contributed by atoms with Gasteiger partial charge in [-0.1, -0.05) is 63.0 Å². The molecule has 0 aromatic carbocycles. The average Bonchev–Trinajstić information content (AvgIpc) is 2.52. The van der Waals surface area contributed by atoms with E-state index in [0.29, 0.717) is 9.88 Å². The first kappa shape index (κ1) is 17.9. The summed E-state index contributed by atoms with van der Waals surface area (Å²) in [5.41, 5.74) is 5.91. The Hall–Kier alpha value is -1.14. The Morgan fingerprint density at radius 3 is 2.52 bits per heavy atom. The van der Waals surface area contributed by atoms with Crippen LogP contribution in [0.15, 0.2) is 24.5 Å². The number of aromatic nitrogens is 1. The number of thioether (sulfide) groups is 1. The molecule has 0 spiro atoms. The lowest BCUT2D eigenvalue weighted by Gasteiger charge is -2.09. The summed E-state index contributed by atoms with van der Waals surface area (Å²) in [7, 11) is 0. The summed E-state index contributed by atoms with van der Waals surface area (Å²) in [5, 5.41) is 0. The van der Waals surface area contributed by atoms with Gasteiger partial charge in [-0.25, -0.2) is 0 Å². The van der Waals surface area contributed by atoms with Gasteiger partial charge in [0.15, 0.2) is 4.32 Å². The summed E-state index contributed by atoms with van der Waals surface area (Å²) < 4.78 is 0.603. The fourth-order valence-corrected chi connectivity index (χ4v) is 2.72. The predicted molar refractivity (Wildman–Crippen MR) is 93.3 cm³/mol. The van der Waals surface area contributed by atoms with Crippen LogP contribution >= 0.6 is 24.0 Å². The first-order valence-corrected chi connectivity index (χ1v) is 8.76. The summed E-state index contributed by atoms with van der Waals surface area (Å²) in [6, 6.07) is 3.31. The van der Waals surface area contributed by atoms with Crippen molar-refractivity contribution in [2.75, 3.05) is 5.75 Å². The van der Waals surface area contributed by atoms with E-state index in [4.69, 9.17) is 12.2 Å². The summed E-state index contributed by atoms with van der Waals surface area (Å²) in [6.45, 7) is 2.22. The van der Waals surface area contributed by atoms with Crippen molar-refractivity contribution in [1.82, 2.24) is 15.8 Å². The highest BCUT2D eigenvalue weighted by Crippen LogP contribution is 2.10. The zero-order valence-electron chi connectivity index (χ0n) is 12.4. The van der Waals surface area contributed by atoms with Crippen molar-refractivity contribution >= 4 is 34.2 Å². The van der Waals surface area contributed by atoms with Crippen LogP contribution in [0.25, 0.3) is 0 Å². The molecule has 21 heavy (non-hydrogen) atoms. The first-order chi connectivity index (χ1) is 10.2. The number of carbonyl (C=O) groups is 1. The zero-order valence-corrected chi connectivity index (χ0v) is 14.1. The van der Waals surface area contributed by atoms with Crippen molar-refractivity contribution in [3.05, 3.63) is 30.1 Å². The van der Waals surface area contributed by atoms with E-state index in [1.807, 2.05) is 0 Å². The quantitative estimate of drug-likeness (QED) is 0.434. The third-order valence-electron chi connectivity index (χ3n) is 2.95. The lowest BCUT2D eigenvalue weighted by molar-refractivity contribution is 0.0944. The third kappa shape index (κ3) is 8.67. The van der Waals surface area contributed by atoms with E-state index in [1.54, 1.807) is 36.3 Å². The van der Waals surface area contributed by atoms with Gasteiger partial charge < -0.3 is 0 Å². The van der Waals surface area contributed by atoms with Gasteiger partial charge in [0, 0.05) is 23.7 Å². The van der Waals surface area contributed by atoms with Gasteiger partial charge in [-0.2, -0.15) is 0 Å². The molecule has 0 unspecified atom stereocenters. The number of amides is 1. The largest absolute Gasteiger partial charge is 0.283 e. The fraction of sp³-hybridized carbons (Fsp3) is 0.533. The highest BCUT2D eigenvalue weighted by Gasteiger charge is 2.04. The molecule has 1 aromatic rings. The molecule has 1 amide bonds. The van der Waals surface area contributed by atoms with E-state index >= 15 is 0 Å². The summed E-state index contributed by atoms with van der Waals surface area (Å²) in [5.74, 6) is 0.781. The maximum atomic E-state index is 11.8. The standard InChI is InChI=1S/C15H23N3OS2/c1-2-3-4-5-6-7-12-21-15(20)18-17-14(19)13-8-10-16-11-9-13/h8-11H,2-7,12H2,1H3,(H,17,19)(H,18,20). The van der Waals surface area contributed by atoms with Crippen molar-refractivity contribution in [2.24, 2.45) is 0 Å². The number of thiocarbonyl (C=S) groups is 1. The minimum absolute atomic E-state index is 0.208. The van der Waals surface area contributed by atoms with Gasteiger partial charge in [0.2, 0.25) is 0 Å². The highest BCUT2D eigenvalue weighted by molar-refractivity contribution is 8.22. The van der Waals surface area contributed by atoms with E-state index in [9.17, 15) is 4.79 Å². The van der Waals surface area contributed by atoms with Crippen LogP contribution in [0.1, 0.15) is 55.8 Å². The monoisotopic (exact) mass is 325 g/mol. The van der Waals surface area contributed by atoms with Gasteiger partial charge in [-0.15, -0.1) is 0 Å². The van der Waals surface area contributed by atoms with Crippen molar-refractivity contribution < 1.29 is 4.79 Å². The molecule has 0 radical (unpaired) electrons. The van der Waals surface area contributed by atoms with Crippen LogP contribution in [0, 0.1) is 0 Å². The van der Waals surface area contributed by atoms with Crippen LogP contribution in [0.4, 0.5) is 0 Å². The second-order valence-electron chi connectivity index (χ2n) is 4.72. The van der Waals surface area contributed by atoms with E-state index < -0.39 is 0 Å². The Bertz CT molecular complexity index is 426. The van der Waals surface area contributed by atoms with Gasteiger partial charge in [0.1, 0.15) is 0 Å². The smallest absolute Gasteiger partial charge is 0.269 e. The minimum Gasteiger partial charge on any atom is -0.283 e. The molecule has 6 heteroatoms. The maximum absolute atomic E-state index is 11.8. The topological polar surface area (TPSA) is 54.0 Å². The molecule has 2 N–H and O–H groups in total.